The van der Waals surface area contributed by atoms with E-state index >= 15 is 0 Å². The number of nitrogens with zero attached hydrogens (tertiary/aromatic N) is 4. The zero-order chi connectivity index (χ0) is 9.80. The smallest absolute Gasteiger partial charge is 0.0617 e. The van der Waals surface area contributed by atoms with Crippen LogP contribution in [0.15, 0.2) is 28.7 Å². The minimum Gasteiger partial charge on any atom is -0.386 e. The summed E-state index contributed by atoms with van der Waals surface area (Å²) in [5, 5.41) is 17.3. The van der Waals surface area contributed by atoms with Gasteiger partial charge in [-0.1, -0.05) is 28.1 Å². The molecule has 2 aromatic rings. The van der Waals surface area contributed by atoms with Crippen LogP contribution in [0.2, 0.25) is 0 Å². The first-order valence-electron chi connectivity index (χ1n) is 4.00. The summed E-state index contributed by atoms with van der Waals surface area (Å²) in [4.78, 5) is 0. The average molecular weight is 253 g/mol. The molecule has 0 atom stereocenters. The summed E-state index contributed by atoms with van der Waals surface area (Å²) in [6.07, 6.45) is 0. The molecule has 0 spiro atoms. The van der Waals surface area contributed by atoms with Crippen LogP contribution in [0.5, 0.6) is 0 Å². The third kappa shape index (κ3) is 2.29. The number of benzene rings is 1. The van der Waals surface area contributed by atoms with Gasteiger partial charge < -0.3 is 5.32 Å². The molecule has 1 aromatic carbocycles. The second-order valence-electron chi connectivity index (χ2n) is 2.65. The fraction of sp³-hybridized carbons (Fsp3) is 0.125. The minimum atomic E-state index is 0.382. The van der Waals surface area contributed by atoms with Crippen molar-refractivity contribution in [2.24, 2.45) is 0 Å². The highest BCUT2D eigenvalue weighted by molar-refractivity contribution is 9.10. The van der Waals surface area contributed by atoms with Gasteiger partial charge in [-0.05, 0) is 17.7 Å². The first-order valence-corrected chi connectivity index (χ1v) is 4.79. The SMILES string of the molecule is Brc1ccc(C[N-]c2nn[nH]n2)cc1. The molecule has 72 valence electrons. The molecule has 0 saturated heterocycles. The van der Waals surface area contributed by atoms with Crippen LogP contribution in [0.4, 0.5) is 5.95 Å². The lowest BCUT2D eigenvalue weighted by molar-refractivity contribution is 0.881. The van der Waals surface area contributed by atoms with Crippen molar-refractivity contribution in [2.75, 3.05) is 0 Å². The zero-order valence-corrected chi connectivity index (χ0v) is 8.77. The van der Waals surface area contributed by atoms with Crippen LogP contribution in [0, 0.1) is 0 Å². The first-order chi connectivity index (χ1) is 6.84. The minimum absolute atomic E-state index is 0.382. The van der Waals surface area contributed by atoms with Gasteiger partial charge in [-0.15, -0.1) is 5.21 Å². The molecule has 1 aromatic heterocycles. The monoisotopic (exact) mass is 252 g/mol. The van der Waals surface area contributed by atoms with E-state index in [0.717, 1.165) is 10.0 Å². The van der Waals surface area contributed by atoms with Gasteiger partial charge in [0.25, 0.3) is 0 Å². The molecular weight excluding hydrogens is 246 g/mol. The lowest BCUT2D eigenvalue weighted by atomic mass is 10.2. The second kappa shape index (κ2) is 4.19. The summed E-state index contributed by atoms with van der Waals surface area (Å²) in [7, 11) is 0. The van der Waals surface area contributed by atoms with E-state index in [1.165, 1.54) is 0 Å². The van der Waals surface area contributed by atoms with Gasteiger partial charge in [0.05, 0.1) is 5.95 Å². The molecule has 1 N–H and O–H groups in total. The van der Waals surface area contributed by atoms with E-state index < -0.39 is 0 Å². The highest BCUT2D eigenvalue weighted by Crippen LogP contribution is 2.16. The number of rotatable bonds is 3. The van der Waals surface area contributed by atoms with Crippen LogP contribution in [-0.2, 0) is 6.54 Å². The van der Waals surface area contributed by atoms with E-state index in [0.29, 0.717) is 12.5 Å². The fourth-order valence-electron chi connectivity index (χ4n) is 0.975. The summed E-state index contributed by atoms with van der Waals surface area (Å²) in [5.74, 6) is 0.382. The molecule has 0 bridgehead atoms. The zero-order valence-electron chi connectivity index (χ0n) is 7.18. The Morgan fingerprint density at radius 3 is 2.71 bits per heavy atom. The summed E-state index contributed by atoms with van der Waals surface area (Å²) in [6.45, 7) is 0.562. The van der Waals surface area contributed by atoms with E-state index in [4.69, 9.17) is 0 Å². The van der Waals surface area contributed by atoms with Crippen molar-refractivity contribution < 1.29 is 0 Å². The number of hydrogen-bond acceptors (Lipinski definition) is 3. The van der Waals surface area contributed by atoms with E-state index in [2.05, 4.69) is 41.9 Å². The molecule has 5 nitrogen and oxygen atoms in total. The quantitative estimate of drug-likeness (QED) is 0.911. The first kappa shape index (κ1) is 9.14. The van der Waals surface area contributed by atoms with Crippen LogP contribution in [0.25, 0.3) is 5.32 Å². The third-order valence-corrected chi connectivity index (χ3v) is 2.18. The number of hydrogen-bond donors (Lipinski definition) is 1. The molecule has 2 rings (SSSR count). The molecule has 0 aliphatic rings. The third-order valence-electron chi connectivity index (χ3n) is 1.65. The second-order valence-corrected chi connectivity index (χ2v) is 3.57. The van der Waals surface area contributed by atoms with Crippen molar-refractivity contribution in [1.29, 1.82) is 0 Å². The maximum atomic E-state index is 4.13. The Hall–Kier alpha value is -1.43. The maximum Gasteiger partial charge on any atom is 0.0617 e. The molecule has 6 heteroatoms. The number of nitrogens with one attached hydrogen (secondary N) is 1. The number of aromatic nitrogens is 4. The molecular formula is C8H7BrN5-. The fourth-order valence-corrected chi connectivity index (χ4v) is 1.24. The highest BCUT2D eigenvalue weighted by Gasteiger charge is 1.91. The van der Waals surface area contributed by atoms with Crippen molar-refractivity contribution >= 4 is 21.9 Å². The Morgan fingerprint density at radius 2 is 2.07 bits per heavy atom. The Kier molecular flexibility index (Phi) is 2.73. The summed E-state index contributed by atoms with van der Waals surface area (Å²) < 4.78 is 1.06. The number of H-pyrrole nitrogens is 1. The lowest BCUT2D eigenvalue weighted by Gasteiger charge is -2.06. The number of halogens is 1. The Bertz CT molecular complexity index is 383. The van der Waals surface area contributed by atoms with E-state index in [-0.39, 0.29) is 0 Å². The number of tetrazole rings is 1. The summed E-state index contributed by atoms with van der Waals surface area (Å²) >= 11 is 3.36. The van der Waals surface area contributed by atoms with Crippen molar-refractivity contribution in [3.05, 3.63) is 39.6 Å². The van der Waals surface area contributed by atoms with Gasteiger partial charge >= 0.3 is 0 Å². The molecule has 0 radical (unpaired) electrons. The van der Waals surface area contributed by atoms with Crippen molar-refractivity contribution in [2.45, 2.75) is 6.54 Å². The molecule has 1 heterocycles. The summed E-state index contributed by atoms with van der Waals surface area (Å²) in [6, 6.07) is 7.93. The van der Waals surface area contributed by atoms with Crippen LogP contribution < -0.4 is 0 Å². The van der Waals surface area contributed by atoms with Gasteiger partial charge in [0.2, 0.25) is 0 Å². The topological polar surface area (TPSA) is 68.6 Å². The van der Waals surface area contributed by atoms with Gasteiger partial charge in [-0.3, -0.25) is 15.4 Å². The molecule has 0 fully saturated rings. The van der Waals surface area contributed by atoms with Crippen LogP contribution in [0.1, 0.15) is 5.56 Å². The predicted molar refractivity (Wildman–Crippen MR) is 55.0 cm³/mol. The van der Waals surface area contributed by atoms with E-state index in [1.54, 1.807) is 0 Å². The average Bonchev–Trinajstić information content (AvgIpc) is 2.70. The predicted octanol–water partition coefficient (Wildman–Crippen LogP) is 2.17. The summed E-state index contributed by atoms with van der Waals surface area (Å²) in [5.41, 5.74) is 1.11. The Balaban J connectivity index is 1.95. The highest BCUT2D eigenvalue weighted by atomic mass is 79.9. The van der Waals surface area contributed by atoms with Crippen molar-refractivity contribution in [1.82, 2.24) is 20.6 Å². The van der Waals surface area contributed by atoms with Gasteiger partial charge in [0.1, 0.15) is 0 Å². The molecule has 14 heavy (non-hydrogen) atoms. The Morgan fingerprint density at radius 1 is 1.29 bits per heavy atom. The maximum absolute atomic E-state index is 4.13. The van der Waals surface area contributed by atoms with Gasteiger partial charge in [0.15, 0.2) is 0 Å². The lowest BCUT2D eigenvalue weighted by Crippen LogP contribution is -1.82. The normalized spacial score (nSPS) is 10.1. The van der Waals surface area contributed by atoms with Crippen molar-refractivity contribution in [3.8, 4) is 0 Å². The van der Waals surface area contributed by atoms with Gasteiger partial charge in [0, 0.05) is 11.0 Å². The van der Waals surface area contributed by atoms with Gasteiger partial charge in [-0.25, -0.2) is 0 Å². The van der Waals surface area contributed by atoms with Crippen molar-refractivity contribution in [3.63, 3.8) is 0 Å². The largest absolute Gasteiger partial charge is 0.386 e. The number of aromatic amines is 1. The molecule has 0 aliphatic heterocycles. The van der Waals surface area contributed by atoms with E-state index in [9.17, 15) is 0 Å². The van der Waals surface area contributed by atoms with E-state index in [1.807, 2.05) is 24.3 Å². The van der Waals surface area contributed by atoms with Crippen LogP contribution in [-0.4, -0.2) is 20.6 Å². The molecule has 0 aliphatic carbocycles. The molecule has 0 amide bonds. The van der Waals surface area contributed by atoms with Crippen LogP contribution >= 0.6 is 15.9 Å². The molecule has 0 unspecified atom stereocenters. The molecule has 0 saturated carbocycles. The standard InChI is InChI=1S/C8H7BrN5/c9-7-3-1-6(2-4-7)5-10-8-11-13-14-12-8/h1-4H,5H2,(H-,10,11,12,13,14)/q-1. The van der Waals surface area contributed by atoms with Crippen LogP contribution in [0.3, 0.4) is 0 Å². The van der Waals surface area contributed by atoms with Gasteiger partial charge in [-0.2, -0.15) is 0 Å². The Labute approximate surface area is 89.0 Å².